The van der Waals surface area contributed by atoms with Gasteiger partial charge in [0.25, 0.3) is 0 Å². The maximum Gasteiger partial charge on any atom is 0.127 e. The lowest BCUT2D eigenvalue weighted by Crippen LogP contribution is -2.54. The molecule has 0 aliphatic heterocycles. The quantitative estimate of drug-likeness (QED) is 0.647. The predicted molar refractivity (Wildman–Crippen MR) is 55.5 cm³/mol. The van der Waals surface area contributed by atoms with Crippen molar-refractivity contribution in [1.82, 2.24) is 4.98 Å². The van der Waals surface area contributed by atoms with E-state index in [2.05, 4.69) is 46.1 Å². The van der Waals surface area contributed by atoms with Crippen molar-refractivity contribution in [3.63, 3.8) is 0 Å². The molecule has 0 aromatic heterocycles. The second-order valence-corrected chi connectivity index (χ2v) is 9.69. The minimum absolute atomic E-state index is 0.484. The Kier molecular flexibility index (Phi) is 3.78. The minimum Gasteiger partial charge on any atom is -0.337 e. The molecule has 68 valence electrons. The van der Waals surface area contributed by atoms with E-state index in [1.807, 2.05) is 0 Å². The van der Waals surface area contributed by atoms with Crippen LogP contribution in [0.1, 0.15) is 34.6 Å². The lowest BCUT2D eigenvalue weighted by molar-refractivity contribution is 0.680. The molecule has 0 spiro atoms. The maximum absolute atomic E-state index is 3.69. The van der Waals surface area contributed by atoms with Gasteiger partial charge in [-0.2, -0.15) is 0 Å². The van der Waals surface area contributed by atoms with Crippen LogP contribution in [-0.4, -0.2) is 14.8 Å². The van der Waals surface area contributed by atoms with Crippen molar-refractivity contribution < 1.29 is 0 Å². The Morgan fingerprint density at radius 3 is 1.73 bits per heavy atom. The molecule has 0 saturated carbocycles. The first-order valence-electron chi connectivity index (χ1n) is 4.62. The van der Waals surface area contributed by atoms with Crippen molar-refractivity contribution in [3.8, 4) is 0 Å². The third kappa shape index (κ3) is 2.60. The minimum atomic E-state index is -1.17. The monoisotopic (exact) mass is 173 g/mol. The van der Waals surface area contributed by atoms with Crippen LogP contribution in [0.4, 0.5) is 0 Å². The van der Waals surface area contributed by atoms with Gasteiger partial charge in [-0.25, -0.2) is 0 Å². The van der Waals surface area contributed by atoms with Crippen LogP contribution in [0.2, 0.25) is 17.6 Å². The van der Waals surface area contributed by atoms with Crippen molar-refractivity contribution in [3.05, 3.63) is 0 Å². The van der Waals surface area contributed by atoms with Crippen molar-refractivity contribution in [1.29, 1.82) is 0 Å². The highest BCUT2D eigenvalue weighted by atomic mass is 28.3. The van der Waals surface area contributed by atoms with Crippen molar-refractivity contribution in [2.45, 2.75) is 52.2 Å². The van der Waals surface area contributed by atoms with E-state index in [1.165, 1.54) is 6.04 Å². The van der Waals surface area contributed by atoms with Crippen LogP contribution in [0, 0.1) is 0 Å². The van der Waals surface area contributed by atoms with Gasteiger partial charge in [-0.05, 0) is 17.6 Å². The first-order chi connectivity index (χ1) is 4.87. The summed E-state index contributed by atoms with van der Waals surface area (Å²) in [5.41, 5.74) is 0. The molecular weight excluding hydrogens is 150 g/mol. The zero-order valence-electron chi connectivity index (χ0n) is 8.91. The normalized spacial score (nSPS) is 18.0. The first-order valence-corrected chi connectivity index (χ1v) is 7.33. The summed E-state index contributed by atoms with van der Waals surface area (Å²) >= 11 is 0. The topological polar surface area (TPSA) is 12.0 Å². The molecule has 0 heterocycles. The zero-order chi connectivity index (χ0) is 9.12. The second-order valence-electron chi connectivity index (χ2n) is 4.47. The summed E-state index contributed by atoms with van der Waals surface area (Å²) in [6.07, 6.45) is 0. The molecule has 1 nitrogen and oxygen atoms in total. The van der Waals surface area contributed by atoms with Crippen molar-refractivity contribution in [2.24, 2.45) is 0 Å². The molecule has 1 atom stereocenters. The van der Waals surface area contributed by atoms with Gasteiger partial charge in [0.05, 0.1) is 0 Å². The standard InChI is InChI=1S/C9H23NSi/c1-7-10-11(6,8-2)9(3,4)5/h10H,7-8H2,1-6H3. The Labute approximate surface area is 72.7 Å². The lowest BCUT2D eigenvalue weighted by Gasteiger charge is -2.39. The van der Waals surface area contributed by atoms with E-state index in [0.29, 0.717) is 5.04 Å². The Bertz CT molecular complexity index is 117. The summed E-state index contributed by atoms with van der Waals surface area (Å²) in [5.74, 6) is 0. The Morgan fingerprint density at radius 1 is 1.18 bits per heavy atom. The molecule has 0 bridgehead atoms. The largest absolute Gasteiger partial charge is 0.337 e. The van der Waals surface area contributed by atoms with E-state index in [-0.39, 0.29) is 0 Å². The van der Waals surface area contributed by atoms with Gasteiger partial charge in [-0.3, -0.25) is 0 Å². The zero-order valence-corrected chi connectivity index (χ0v) is 9.91. The second kappa shape index (κ2) is 3.72. The summed E-state index contributed by atoms with van der Waals surface area (Å²) < 4.78 is 0. The highest BCUT2D eigenvalue weighted by molar-refractivity contribution is 6.78. The molecule has 0 aromatic carbocycles. The molecule has 2 heteroatoms. The molecule has 1 unspecified atom stereocenters. The van der Waals surface area contributed by atoms with Gasteiger partial charge in [0.1, 0.15) is 8.24 Å². The molecule has 0 aliphatic rings. The molecule has 1 N–H and O–H groups in total. The summed E-state index contributed by atoms with van der Waals surface area (Å²) in [6.45, 7) is 15.1. The number of hydrogen-bond donors (Lipinski definition) is 1. The highest BCUT2D eigenvalue weighted by Gasteiger charge is 2.37. The number of rotatable bonds is 3. The fraction of sp³-hybridized carbons (Fsp3) is 1.00. The summed E-state index contributed by atoms with van der Waals surface area (Å²) in [5, 5.41) is 0.484. The average Bonchev–Trinajstić information content (AvgIpc) is 1.86. The molecule has 0 amide bonds. The van der Waals surface area contributed by atoms with E-state index in [1.54, 1.807) is 0 Å². The number of hydrogen-bond acceptors (Lipinski definition) is 1. The Hall–Kier alpha value is 0.177. The van der Waals surface area contributed by atoms with Crippen LogP contribution < -0.4 is 4.98 Å². The van der Waals surface area contributed by atoms with Gasteiger partial charge in [0, 0.05) is 0 Å². The van der Waals surface area contributed by atoms with Crippen LogP contribution >= 0.6 is 0 Å². The van der Waals surface area contributed by atoms with Crippen molar-refractivity contribution >= 4 is 8.24 Å². The maximum atomic E-state index is 3.69. The smallest absolute Gasteiger partial charge is 0.127 e. The van der Waals surface area contributed by atoms with Crippen LogP contribution in [0.3, 0.4) is 0 Å². The van der Waals surface area contributed by atoms with Gasteiger partial charge >= 0.3 is 0 Å². The van der Waals surface area contributed by atoms with Gasteiger partial charge < -0.3 is 4.98 Å². The highest BCUT2D eigenvalue weighted by Crippen LogP contribution is 2.36. The van der Waals surface area contributed by atoms with E-state index in [9.17, 15) is 0 Å². The summed E-state index contributed by atoms with van der Waals surface area (Å²) in [7, 11) is -1.17. The molecule has 11 heavy (non-hydrogen) atoms. The van der Waals surface area contributed by atoms with Crippen molar-refractivity contribution in [2.75, 3.05) is 6.54 Å². The third-order valence-electron chi connectivity index (χ3n) is 2.93. The molecule has 0 saturated heterocycles. The van der Waals surface area contributed by atoms with Crippen LogP contribution in [0.5, 0.6) is 0 Å². The first kappa shape index (κ1) is 11.2. The average molecular weight is 173 g/mol. The van der Waals surface area contributed by atoms with Gasteiger partial charge in [-0.15, -0.1) is 0 Å². The van der Waals surface area contributed by atoms with E-state index in [0.717, 1.165) is 6.54 Å². The van der Waals surface area contributed by atoms with Crippen LogP contribution in [0.15, 0.2) is 0 Å². The van der Waals surface area contributed by atoms with E-state index < -0.39 is 8.24 Å². The summed E-state index contributed by atoms with van der Waals surface area (Å²) in [6, 6.07) is 1.32. The molecular formula is C9H23NSi. The van der Waals surface area contributed by atoms with E-state index >= 15 is 0 Å². The Morgan fingerprint density at radius 2 is 1.64 bits per heavy atom. The fourth-order valence-electron chi connectivity index (χ4n) is 1.31. The lowest BCUT2D eigenvalue weighted by atomic mass is 10.2. The van der Waals surface area contributed by atoms with Gasteiger partial charge in [0.2, 0.25) is 0 Å². The fourth-order valence-corrected chi connectivity index (χ4v) is 3.93. The molecule has 0 aromatic rings. The van der Waals surface area contributed by atoms with Crippen LogP contribution in [-0.2, 0) is 0 Å². The molecule has 0 aliphatic carbocycles. The predicted octanol–water partition coefficient (Wildman–Crippen LogP) is 2.99. The molecule has 0 fully saturated rings. The van der Waals surface area contributed by atoms with Gasteiger partial charge in [0.15, 0.2) is 0 Å². The van der Waals surface area contributed by atoms with Gasteiger partial charge in [-0.1, -0.05) is 41.2 Å². The summed E-state index contributed by atoms with van der Waals surface area (Å²) in [4.78, 5) is 3.69. The molecule has 0 radical (unpaired) electrons. The number of nitrogens with one attached hydrogen (secondary N) is 1. The van der Waals surface area contributed by atoms with E-state index in [4.69, 9.17) is 0 Å². The Balaban J connectivity index is 4.33. The third-order valence-corrected chi connectivity index (χ3v) is 8.79. The van der Waals surface area contributed by atoms with Crippen LogP contribution in [0.25, 0.3) is 0 Å². The SMILES string of the molecule is CCN[Si](C)(CC)C(C)(C)C. The molecule has 0 rings (SSSR count).